The standard InChI is InChI=1S/C23H25FN2O2S/c1-16-4-2-6-19(12-16)23-26(21(27)15-29-23)14-17-8-10-25(11-9-17)22(28)18-5-3-7-20(24)13-18/h2-7,12-13,17,23H,8-11,14-15H2,1H3. The molecule has 0 bridgehead atoms. The van der Waals surface area contributed by atoms with Crippen LogP contribution >= 0.6 is 11.8 Å². The number of piperidine rings is 1. The summed E-state index contributed by atoms with van der Waals surface area (Å²) in [7, 11) is 0. The zero-order chi connectivity index (χ0) is 20.4. The molecule has 0 N–H and O–H groups in total. The second kappa shape index (κ2) is 8.57. The summed E-state index contributed by atoms with van der Waals surface area (Å²) < 4.78 is 13.4. The van der Waals surface area contributed by atoms with Crippen molar-refractivity contribution in [1.29, 1.82) is 0 Å². The minimum atomic E-state index is -0.391. The van der Waals surface area contributed by atoms with Crippen LogP contribution in [0, 0.1) is 18.7 Å². The Hall–Kier alpha value is -2.34. The highest BCUT2D eigenvalue weighted by atomic mass is 32.2. The molecule has 0 spiro atoms. The predicted molar refractivity (Wildman–Crippen MR) is 113 cm³/mol. The fourth-order valence-electron chi connectivity index (χ4n) is 4.15. The molecule has 0 radical (unpaired) electrons. The Labute approximate surface area is 175 Å². The van der Waals surface area contributed by atoms with Crippen LogP contribution in [0.1, 0.15) is 39.7 Å². The van der Waals surface area contributed by atoms with Gasteiger partial charge in [0.1, 0.15) is 11.2 Å². The Balaban J connectivity index is 1.37. The number of carbonyl (C=O) groups excluding carboxylic acids is 2. The molecule has 2 aromatic rings. The van der Waals surface area contributed by atoms with Crippen molar-refractivity contribution in [2.45, 2.75) is 25.1 Å². The van der Waals surface area contributed by atoms with Crippen molar-refractivity contribution in [2.75, 3.05) is 25.4 Å². The Morgan fingerprint density at radius 1 is 1.14 bits per heavy atom. The fourth-order valence-corrected chi connectivity index (χ4v) is 5.34. The van der Waals surface area contributed by atoms with Crippen molar-refractivity contribution in [3.8, 4) is 0 Å². The normalized spacial score (nSPS) is 20.3. The molecule has 1 atom stereocenters. The first-order valence-corrected chi connectivity index (χ1v) is 11.1. The number of hydrogen-bond donors (Lipinski definition) is 0. The molecule has 6 heteroatoms. The number of carbonyl (C=O) groups is 2. The third-order valence-electron chi connectivity index (χ3n) is 5.72. The highest BCUT2D eigenvalue weighted by Crippen LogP contribution is 2.40. The van der Waals surface area contributed by atoms with Crippen molar-refractivity contribution < 1.29 is 14.0 Å². The molecule has 0 saturated carbocycles. The minimum absolute atomic E-state index is 0.0781. The molecule has 2 aromatic carbocycles. The maximum Gasteiger partial charge on any atom is 0.253 e. The second-order valence-corrected chi connectivity index (χ2v) is 8.94. The van der Waals surface area contributed by atoms with E-state index >= 15 is 0 Å². The number of rotatable bonds is 4. The first-order valence-electron chi connectivity index (χ1n) is 10.0. The highest BCUT2D eigenvalue weighted by Gasteiger charge is 2.35. The Morgan fingerprint density at radius 2 is 1.90 bits per heavy atom. The van der Waals surface area contributed by atoms with Crippen molar-refractivity contribution in [3.63, 3.8) is 0 Å². The van der Waals surface area contributed by atoms with E-state index in [0.29, 0.717) is 30.3 Å². The molecule has 2 amide bonds. The van der Waals surface area contributed by atoms with Gasteiger partial charge in [0.25, 0.3) is 5.91 Å². The quantitative estimate of drug-likeness (QED) is 0.753. The lowest BCUT2D eigenvalue weighted by Gasteiger charge is -2.35. The van der Waals surface area contributed by atoms with E-state index in [-0.39, 0.29) is 17.2 Å². The molecule has 0 aliphatic carbocycles. The van der Waals surface area contributed by atoms with Gasteiger partial charge in [-0.3, -0.25) is 9.59 Å². The number of amides is 2. The van der Waals surface area contributed by atoms with Gasteiger partial charge in [-0.25, -0.2) is 4.39 Å². The number of nitrogens with zero attached hydrogens (tertiary/aromatic N) is 2. The molecule has 0 aromatic heterocycles. The van der Waals surface area contributed by atoms with Gasteiger partial charge in [0.05, 0.1) is 5.75 Å². The number of benzene rings is 2. The molecule has 4 nitrogen and oxygen atoms in total. The molecule has 2 heterocycles. The fraction of sp³-hybridized carbons (Fsp3) is 0.391. The van der Waals surface area contributed by atoms with Gasteiger partial charge in [0.15, 0.2) is 0 Å². The van der Waals surface area contributed by atoms with E-state index < -0.39 is 5.82 Å². The molecule has 2 aliphatic rings. The van der Waals surface area contributed by atoms with E-state index in [1.54, 1.807) is 28.8 Å². The van der Waals surface area contributed by atoms with E-state index in [0.717, 1.165) is 19.4 Å². The molecule has 1 unspecified atom stereocenters. The number of hydrogen-bond acceptors (Lipinski definition) is 3. The van der Waals surface area contributed by atoms with Gasteiger partial charge < -0.3 is 9.80 Å². The summed E-state index contributed by atoms with van der Waals surface area (Å²) in [5.41, 5.74) is 2.78. The zero-order valence-electron chi connectivity index (χ0n) is 16.5. The lowest BCUT2D eigenvalue weighted by Crippen LogP contribution is -2.42. The Kier molecular flexibility index (Phi) is 5.90. The highest BCUT2D eigenvalue weighted by molar-refractivity contribution is 8.00. The van der Waals surface area contributed by atoms with Crippen LogP contribution < -0.4 is 0 Å². The largest absolute Gasteiger partial charge is 0.339 e. The average Bonchev–Trinajstić information content (AvgIpc) is 3.08. The third-order valence-corrected chi connectivity index (χ3v) is 6.98. The van der Waals surface area contributed by atoms with E-state index in [2.05, 4.69) is 25.1 Å². The van der Waals surface area contributed by atoms with Gasteiger partial charge in [-0.05, 0) is 49.4 Å². The van der Waals surface area contributed by atoms with Crippen LogP contribution in [-0.4, -0.2) is 47.0 Å². The maximum absolute atomic E-state index is 13.4. The van der Waals surface area contributed by atoms with Gasteiger partial charge in [-0.15, -0.1) is 11.8 Å². The zero-order valence-corrected chi connectivity index (χ0v) is 17.3. The predicted octanol–water partition coefficient (Wildman–Crippen LogP) is 4.26. The topological polar surface area (TPSA) is 40.6 Å². The summed E-state index contributed by atoms with van der Waals surface area (Å²) >= 11 is 1.69. The SMILES string of the molecule is Cc1cccc(C2SCC(=O)N2CC2CCN(C(=O)c3cccc(F)c3)CC2)c1. The van der Waals surface area contributed by atoms with Crippen LogP contribution in [-0.2, 0) is 4.79 Å². The van der Waals surface area contributed by atoms with Crippen molar-refractivity contribution in [2.24, 2.45) is 5.92 Å². The van der Waals surface area contributed by atoms with Crippen molar-refractivity contribution in [1.82, 2.24) is 9.80 Å². The smallest absolute Gasteiger partial charge is 0.253 e. The van der Waals surface area contributed by atoms with Gasteiger partial charge >= 0.3 is 0 Å². The minimum Gasteiger partial charge on any atom is -0.339 e. The summed E-state index contributed by atoms with van der Waals surface area (Å²) in [5.74, 6) is 0.586. The Bertz CT molecular complexity index is 911. The van der Waals surface area contributed by atoms with E-state index in [9.17, 15) is 14.0 Å². The first kappa shape index (κ1) is 20.0. The van der Waals surface area contributed by atoms with Crippen molar-refractivity contribution in [3.05, 3.63) is 71.0 Å². The number of likely N-dealkylation sites (tertiary alicyclic amines) is 1. The first-order chi connectivity index (χ1) is 14.0. The summed E-state index contributed by atoms with van der Waals surface area (Å²) in [6.45, 7) is 4.08. The van der Waals surface area contributed by atoms with Crippen LogP contribution in [0.25, 0.3) is 0 Å². The maximum atomic E-state index is 13.4. The molecule has 2 aliphatic heterocycles. The summed E-state index contributed by atoms with van der Waals surface area (Å²) in [6.07, 6.45) is 1.71. The average molecular weight is 413 g/mol. The van der Waals surface area contributed by atoms with Gasteiger partial charge in [-0.2, -0.15) is 0 Å². The summed E-state index contributed by atoms with van der Waals surface area (Å²) in [5, 5.41) is 0.0781. The van der Waals surface area contributed by atoms with E-state index in [4.69, 9.17) is 0 Å². The number of thioether (sulfide) groups is 1. The summed E-state index contributed by atoms with van der Waals surface area (Å²) in [6, 6.07) is 14.2. The molecular weight excluding hydrogens is 387 g/mol. The molecule has 4 rings (SSSR count). The molecule has 2 fully saturated rings. The lowest BCUT2D eigenvalue weighted by molar-refractivity contribution is -0.128. The lowest BCUT2D eigenvalue weighted by atomic mass is 9.95. The second-order valence-electron chi connectivity index (χ2n) is 7.87. The third kappa shape index (κ3) is 4.47. The van der Waals surface area contributed by atoms with E-state index in [1.165, 1.54) is 23.3 Å². The molecule has 29 heavy (non-hydrogen) atoms. The van der Waals surface area contributed by atoms with Gasteiger partial charge in [0, 0.05) is 25.2 Å². The van der Waals surface area contributed by atoms with Gasteiger partial charge in [0.2, 0.25) is 5.91 Å². The molecule has 152 valence electrons. The van der Waals surface area contributed by atoms with Crippen LogP contribution in [0.4, 0.5) is 4.39 Å². The summed E-state index contributed by atoms with van der Waals surface area (Å²) in [4.78, 5) is 28.9. The number of aryl methyl sites for hydroxylation is 1. The van der Waals surface area contributed by atoms with Crippen LogP contribution in [0.3, 0.4) is 0 Å². The molecular formula is C23H25FN2O2S. The van der Waals surface area contributed by atoms with E-state index in [1.807, 2.05) is 11.0 Å². The number of halogens is 1. The van der Waals surface area contributed by atoms with Crippen LogP contribution in [0.5, 0.6) is 0 Å². The Morgan fingerprint density at radius 3 is 2.62 bits per heavy atom. The van der Waals surface area contributed by atoms with Crippen LogP contribution in [0.2, 0.25) is 0 Å². The molecule has 2 saturated heterocycles. The van der Waals surface area contributed by atoms with Crippen molar-refractivity contribution >= 4 is 23.6 Å². The van der Waals surface area contributed by atoms with Crippen LogP contribution in [0.15, 0.2) is 48.5 Å². The monoisotopic (exact) mass is 412 g/mol. The van der Waals surface area contributed by atoms with Gasteiger partial charge in [-0.1, -0.05) is 35.9 Å².